The van der Waals surface area contributed by atoms with E-state index >= 15 is 0 Å². The van der Waals surface area contributed by atoms with Gasteiger partial charge < -0.3 is 4.74 Å². The molecule has 2 aromatic rings. The number of halogens is 2. The fraction of sp³-hybridized carbons (Fsp3) is 0.350. The molecule has 27 heavy (non-hydrogen) atoms. The van der Waals surface area contributed by atoms with Gasteiger partial charge in [0.25, 0.3) is 0 Å². The van der Waals surface area contributed by atoms with Crippen molar-refractivity contribution in [1.82, 2.24) is 9.78 Å². The SMILES string of the molecule is Cc1nn(Cc2ccccc2Cl)c(Cl)c1/C=C/C(=O)OCC(=O)C(C)(C)C. The Morgan fingerprint density at radius 1 is 1.22 bits per heavy atom. The minimum absolute atomic E-state index is 0.147. The highest BCUT2D eigenvalue weighted by Crippen LogP contribution is 2.24. The molecule has 5 nitrogen and oxygen atoms in total. The molecular weight excluding hydrogens is 387 g/mol. The largest absolute Gasteiger partial charge is 0.455 e. The second-order valence-corrected chi connectivity index (χ2v) is 7.92. The number of nitrogens with zero attached hydrogens (tertiary/aromatic N) is 2. The first-order chi connectivity index (χ1) is 12.6. The highest BCUT2D eigenvalue weighted by atomic mass is 35.5. The van der Waals surface area contributed by atoms with Gasteiger partial charge in [0.1, 0.15) is 5.15 Å². The summed E-state index contributed by atoms with van der Waals surface area (Å²) in [5.74, 6) is -0.757. The number of ketones is 1. The minimum Gasteiger partial charge on any atom is -0.455 e. The van der Waals surface area contributed by atoms with Crippen LogP contribution in [0.15, 0.2) is 30.3 Å². The molecule has 1 heterocycles. The molecule has 0 aliphatic carbocycles. The van der Waals surface area contributed by atoms with Crippen molar-refractivity contribution in [3.63, 3.8) is 0 Å². The molecule has 0 spiro atoms. The zero-order valence-corrected chi connectivity index (χ0v) is 17.3. The van der Waals surface area contributed by atoms with Gasteiger partial charge in [-0.15, -0.1) is 0 Å². The molecule has 0 atom stereocenters. The number of aromatic nitrogens is 2. The molecule has 0 aliphatic rings. The topological polar surface area (TPSA) is 61.2 Å². The lowest BCUT2D eigenvalue weighted by Crippen LogP contribution is -2.25. The normalized spacial score (nSPS) is 11.8. The number of hydrogen-bond acceptors (Lipinski definition) is 4. The van der Waals surface area contributed by atoms with Crippen molar-refractivity contribution >= 4 is 41.0 Å². The Labute approximate surface area is 168 Å². The Hall–Kier alpha value is -2.11. The monoisotopic (exact) mass is 408 g/mol. The highest BCUT2D eigenvalue weighted by molar-refractivity contribution is 6.32. The molecule has 7 heteroatoms. The van der Waals surface area contributed by atoms with Crippen molar-refractivity contribution in [2.24, 2.45) is 5.41 Å². The van der Waals surface area contributed by atoms with Crippen molar-refractivity contribution in [1.29, 1.82) is 0 Å². The molecular formula is C20H22Cl2N2O3. The van der Waals surface area contributed by atoms with Crippen LogP contribution in [0.1, 0.15) is 37.6 Å². The summed E-state index contributed by atoms with van der Waals surface area (Å²) in [5, 5.41) is 5.42. The molecule has 0 saturated heterocycles. The molecule has 1 aromatic carbocycles. The van der Waals surface area contributed by atoms with Crippen molar-refractivity contribution in [2.75, 3.05) is 6.61 Å². The van der Waals surface area contributed by atoms with Crippen molar-refractivity contribution in [3.8, 4) is 0 Å². The Balaban J connectivity index is 2.08. The van der Waals surface area contributed by atoms with Crippen molar-refractivity contribution < 1.29 is 14.3 Å². The Morgan fingerprint density at radius 2 is 1.89 bits per heavy atom. The van der Waals surface area contributed by atoms with Gasteiger partial charge in [0.15, 0.2) is 12.4 Å². The van der Waals surface area contributed by atoms with Crippen LogP contribution in [0.2, 0.25) is 10.2 Å². The third-order valence-corrected chi connectivity index (χ3v) is 4.72. The van der Waals surface area contributed by atoms with Gasteiger partial charge in [-0.3, -0.25) is 4.79 Å². The van der Waals surface area contributed by atoms with Crippen molar-refractivity contribution in [3.05, 3.63) is 57.3 Å². The predicted molar refractivity (Wildman–Crippen MR) is 107 cm³/mol. The maximum atomic E-state index is 11.9. The average molecular weight is 409 g/mol. The zero-order valence-electron chi connectivity index (χ0n) is 15.8. The maximum absolute atomic E-state index is 11.9. The lowest BCUT2D eigenvalue weighted by molar-refractivity contribution is -0.145. The van der Waals surface area contributed by atoms with Gasteiger partial charge in [0, 0.05) is 22.1 Å². The summed E-state index contributed by atoms with van der Waals surface area (Å²) in [7, 11) is 0. The third-order valence-electron chi connectivity index (χ3n) is 3.96. The highest BCUT2D eigenvalue weighted by Gasteiger charge is 2.22. The van der Waals surface area contributed by atoms with Gasteiger partial charge in [0.2, 0.25) is 0 Å². The number of ether oxygens (including phenoxy) is 1. The number of carbonyl (C=O) groups excluding carboxylic acids is 2. The van der Waals surface area contributed by atoms with Crippen LogP contribution in [0.5, 0.6) is 0 Å². The van der Waals surface area contributed by atoms with Gasteiger partial charge in [0.05, 0.1) is 12.2 Å². The predicted octanol–water partition coefficient (Wildman–Crippen LogP) is 4.72. The van der Waals surface area contributed by atoms with Crippen LogP contribution in [0.3, 0.4) is 0 Å². The Kier molecular flexibility index (Phi) is 6.84. The van der Waals surface area contributed by atoms with Crippen LogP contribution in [0, 0.1) is 12.3 Å². The van der Waals surface area contributed by atoms with Gasteiger partial charge in [-0.1, -0.05) is 62.2 Å². The Bertz CT molecular complexity index is 880. The molecule has 0 aliphatic heterocycles. The smallest absolute Gasteiger partial charge is 0.331 e. The first-order valence-electron chi connectivity index (χ1n) is 8.44. The van der Waals surface area contributed by atoms with E-state index in [9.17, 15) is 9.59 Å². The second-order valence-electron chi connectivity index (χ2n) is 7.15. The van der Waals surface area contributed by atoms with E-state index in [1.807, 2.05) is 18.2 Å². The van der Waals surface area contributed by atoms with Gasteiger partial charge in [-0.05, 0) is 24.6 Å². The van der Waals surface area contributed by atoms with Crippen LogP contribution in [0.25, 0.3) is 6.08 Å². The molecule has 0 unspecified atom stereocenters. The zero-order chi connectivity index (χ0) is 20.2. The van der Waals surface area contributed by atoms with Crippen LogP contribution in [-0.2, 0) is 20.9 Å². The number of benzene rings is 1. The number of hydrogen-bond donors (Lipinski definition) is 0. The van der Waals surface area contributed by atoms with E-state index in [4.69, 9.17) is 27.9 Å². The maximum Gasteiger partial charge on any atom is 0.331 e. The quantitative estimate of drug-likeness (QED) is 0.512. The van der Waals surface area contributed by atoms with Crippen LogP contribution >= 0.6 is 23.2 Å². The molecule has 2 rings (SSSR count). The average Bonchev–Trinajstić information content (AvgIpc) is 2.85. The van der Waals surface area contributed by atoms with Gasteiger partial charge >= 0.3 is 5.97 Å². The fourth-order valence-corrected chi connectivity index (χ4v) is 2.69. The van der Waals surface area contributed by atoms with E-state index < -0.39 is 11.4 Å². The van der Waals surface area contributed by atoms with Crippen molar-refractivity contribution in [2.45, 2.75) is 34.2 Å². The summed E-state index contributed by atoms with van der Waals surface area (Å²) in [6.07, 6.45) is 2.78. The van der Waals surface area contributed by atoms with Crippen LogP contribution in [-0.4, -0.2) is 28.1 Å². The molecule has 0 bridgehead atoms. The van der Waals surface area contributed by atoms with Gasteiger partial charge in [-0.2, -0.15) is 5.10 Å². The molecule has 0 N–H and O–H groups in total. The molecule has 0 fully saturated rings. The minimum atomic E-state index is -0.609. The lowest BCUT2D eigenvalue weighted by Gasteiger charge is -2.15. The standard InChI is InChI=1S/C20H22Cl2N2O3/c1-13-15(9-10-18(26)27-12-17(25)20(2,3)4)19(22)24(23-13)11-14-7-5-6-8-16(14)21/h5-10H,11-12H2,1-4H3/b10-9+. The van der Waals surface area contributed by atoms with E-state index in [2.05, 4.69) is 5.10 Å². The summed E-state index contributed by atoms with van der Waals surface area (Å²) in [5.41, 5.74) is 1.62. The summed E-state index contributed by atoms with van der Waals surface area (Å²) >= 11 is 12.6. The van der Waals surface area contributed by atoms with E-state index in [-0.39, 0.29) is 12.4 Å². The second kappa shape index (κ2) is 8.72. The van der Waals surface area contributed by atoms with E-state index in [1.165, 1.54) is 12.2 Å². The fourth-order valence-electron chi connectivity index (χ4n) is 2.20. The molecule has 144 valence electrons. The summed E-state index contributed by atoms with van der Waals surface area (Å²) in [6, 6.07) is 7.44. The molecule has 0 radical (unpaired) electrons. The number of esters is 1. The van der Waals surface area contributed by atoms with Crippen LogP contribution in [0.4, 0.5) is 0 Å². The van der Waals surface area contributed by atoms with Gasteiger partial charge in [-0.25, -0.2) is 9.48 Å². The number of rotatable bonds is 6. The summed E-state index contributed by atoms with van der Waals surface area (Å²) in [4.78, 5) is 23.7. The lowest BCUT2D eigenvalue weighted by atomic mass is 9.91. The van der Waals surface area contributed by atoms with E-state index in [0.29, 0.717) is 28.0 Å². The van der Waals surface area contributed by atoms with E-state index in [0.717, 1.165) is 5.56 Å². The third kappa shape index (κ3) is 5.68. The molecule has 0 amide bonds. The molecule has 1 aromatic heterocycles. The first-order valence-corrected chi connectivity index (χ1v) is 9.19. The summed E-state index contributed by atoms with van der Waals surface area (Å²) < 4.78 is 6.60. The van der Waals surface area contributed by atoms with E-state index in [1.54, 1.807) is 38.4 Å². The number of carbonyl (C=O) groups is 2. The summed E-state index contributed by atoms with van der Waals surface area (Å²) in [6.45, 7) is 7.27. The first kappa shape index (κ1) is 21.2. The molecule has 0 saturated carbocycles. The Morgan fingerprint density at radius 3 is 2.52 bits per heavy atom. The number of Topliss-reactive ketones (excluding diaryl/α,β-unsaturated/α-hetero) is 1. The number of aryl methyl sites for hydroxylation is 1. The van der Waals surface area contributed by atoms with Crippen LogP contribution < -0.4 is 0 Å².